The molecular formula is C28H19N3O4S2. The Morgan fingerprint density at radius 3 is 1.54 bits per heavy atom. The molecule has 7 nitrogen and oxygen atoms in total. The number of benzene rings is 3. The maximum atomic E-state index is 12.4. The third-order valence-electron chi connectivity index (χ3n) is 6.40. The van der Waals surface area contributed by atoms with E-state index in [1.54, 1.807) is 26.2 Å². The zero-order chi connectivity index (χ0) is 25.8. The van der Waals surface area contributed by atoms with Crippen LogP contribution in [0, 0.1) is 0 Å². The molecule has 9 heteroatoms. The standard InChI is InChI=1S/C28H19N3O4S2/c1-29-25(32)23(34-27(29)36)14-16-8-10-21-19(12-16)20-13-17(15-24-26(33)30(2)28(37)35-24)9-11-22(20)31(21)18-6-4-3-5-7-18/h3-15H,1-2H3/b23-14+,24-15+. The van der Waals surface area contributed by atoms with Crippen LogP contribution in [-0.4, -0.2) is 50.6 Å². The Hall–Kier alpha value is -4.34. The summed E-state index contributed by atoms with van der Waals surface area (Å²) in [6.07, 6.45) is 3.38. The number of thiocarbonyl (C=S) groups is 2. The molecule has 0 N–H and O–H groups in total. The number of amides is 2. The Morgan fingerprint density at radius 2 is 1.14 bits per heavy atom. The van der Waals surface area contributed by atoms with Crippen LogP contribution >= 0.6 is 24.4 Å². The van der Waals surface area contributed by atoms with E-state index < -0.39 is 0 Å². The van der Waals surface area contributed by atoms with E-state index in [9.17, 15) is 9.59 Å². The van der Waals surface area contributed by atoms with E-state index >= 15 is 0 Å². The van der Waals surface area contributed by atoms with Crippen molar-refractivity contribution < 1.29 is 19.1 Å². The van der Waals surface area contributed by atoms with E-state index in [2.05, 4.69) is 4.57 Å². The molecule has 2 saturated heterocycles. The number of hydrogen-bond donors (Lipinski definition) is 0. The van der Waals surface area contributed by atoms with E-state index in [-0.39, 0.29) is 33.7 Å². The molecule has 37 heavy (non-hydrogen) atoms. The molecular weight excluding hydrogens is 506 g/mol. The molecule has 0 atom stereocenters. The van der Waals surface area contributed by atoms with Gasteiger partial charge >= 0.3 is 0 Å². The first-order valence-electron chi connectivity index (χ1n) is 11.4. The molecule has 6 rings (SSSR count). The number of para-hydroxylation sites is 1. The minimum atomic E-state index is -0.283. The lowest BCUT2D eigenvalue weighted by Gasteiger charge is -2.07. The molecule has 0 saturated carbocycles. The smallest absolute Gasteiger partial charge is 0.296 e. The van der Waals surface area contributed by atoms with Crippen molar-refractivity contribution in [3.8, 4) is 5.69 Å². The lowest BCUT2D eigenvalue weighted by atomic mass is 10.1. The minimum Gasteiger partial charge on any atom is -0.426 e. The summed E-state index contributed by atoms with van der Waals surface area (Å²) in [4.78, 5) is 27.5. The van der Waals surface area contributed by atoms with Crippen LogP contribution in [0.2, 0.25) is 0 Å². The fourth-order valence-corrected chi connectivity index (χ4v) is 4.83. The van der Waals surface area contributed by atoms with Crippen LogP contribution in [0.1, 0.15) is 11.1 Å². The second kappa shape index (κ2) is 8.65. The predicted molar refractivity (Wildman–Crippen MR) is 150 cm³/mol. The third-order valence-corrected chi connectivity index (χ3v) is 7.11. The molecule has 2 fully saturated rings. The number of ether oxygens (including phenoxy) is 2. The average molecular weight is 526 g/mol. The lowest BCUT2D eigenvalue weighted by molar-refractivity contribution is -0.122. The SMILES string of the molecule is CN1C(=O)/C(=C\c2ccc3c(c2)c2cc(/C=C4/OC(=S)N(C)C4=O)ccc2n3-c2ccccc2)OC1=S. The summed E-state index contributed by atoms with van der Waals surface area (Å²) in [6, 6.07) is 22.0. The van der Waals surface area contributed by atoms with Crippen molar-refractivity contribution in [1.82, 2.24) is 14.4 Å². The molecule has 0 radical (unpaired) electrons. The summed E-state index contributed by atoms with van der Waals surface area (Å²) in [5.41, 5.74) is 4.60. The van der Waals surface area contributed by atoms with E-state index in [0.29, 0.717) is 0 Å². The topological polar surface area (TPSA) is 64.0 Å². The quantitative estimate of drug-likeness (QED) is 0.277. The van der Waals surface area contributed by atoms with Crippen molar-refractivity contribution in [3.63, 3.8) is 0 Å². The van der Waals surface area contributed by atoms with Gasteiger partial charge in [-0.1, -0.05) is 30.3 Å². The number of rotatable bonds is 3. The molecule has 2 aliphatic rings. The van der Waals surface area contributed by atoms with Gasteiger partial charge in [0.1, 0.15) is 0 Å². The fraction of sp³-hybridized carbons (Fsp3) is 0.0714. The van der Waals surface area contributed by atoms with Crippen LogP contribution in [-0.2, 0) is 19.1 Å². The highest BCUT2D eigenvalue weighted by atomic mass is 32.1. The number of aromatic nitrogens is 1. The van der Waals surface area contributed by atoms with Crippen LogP contribution < -0.4 is 0 Å². The van der Waals surface area contributed by atoms with Gasteiger partial charge in [-0.05, 0) is 84.1 Å². The maximum absolute atomic E-state index is 12.4. The number of likely N-dealkylation sites (N-methyl/N-ethyl adjacent to an activating group) is 2. The fourth-order valence-electron chi connectivity index (χ4n) is 4.49. The zero-order valence-electron chi connectivity index (χ0n) is 19.8. The van der Waals surface area contributed by atoms with Crippen molar-refractivity contribution in [2.75, 3.05) is 14.1 Å². The summed E-state index contributed by atoms with van der Waals surface area (Å²) in [5.74, 6) is -0.202. The van der Waals surface area contributed by atoms with Crippen molar-refractivity contribution in [2.24, 2.45) is 0 Å². The zero-order valence-corrected chi connectivity index (χ0v) is 21.4. The molecule has 4 aromatic rings. The number of hydrogen-bond acceptors (Lipinski definition) is 6. The van der Waals surface area contributed by atoms with Gasteiger partial charge < -0.3 is 14.0 Å². The molecule has 2 aliphatic heterocycles. The van der Waals surface area contributed by atoms with Gasteiger partial charge in [0.2, 0.25) is 0 Å². The van der Waals surface area contributed by atoms with E-state index in [1.807, 2.05) is 66.7 Å². The van der Waals surface area contributed by atoms with E-state index in [4.69, 9.17) is 33.9 Å². The van der Waals surface area contributed by atoms with Crippen LogP contribution in [0.25, 0.3) is 39.6 Å². The van der Waals surface area contributed by atoms with Crippen LogP contribution in [0.4, 0.5) is 0 Å². The van der Waals surface area contributed by atoms with Crippen molar-refractivity contribution in [2.45, 2.75) is 0 Å². The molecule has 0 bridgehead atoms. The first-order valence-corrected chi connectivity index (χ1v) is 12.2. The molecule has 0 unspecified atom stereocenters. The monoisotopic (exact) mass is 525 g/mol. The van der Waals surface area contributed by atoms with Crippen LogP contribution in [0.5, 0.6) is 0 Å². The van der Waals surface area contributed by atoms with Gasteiger partial charge in [-0.2, -0.15) is 0 Å². The minimum absolute atomic E-state index is 0.129. The summed E-state index contributed by atoms with van der Waals surface area (Å²) < 4.78 is 13.1. The summed E-state index contributed by atoms with van der Waals surface area (Å²) in [7, 11) is 3.17. The Bertz CT molecular complexity index is 1630. The number of carbonyl (C=O) groups excluding carboxylic acids is 2. The highest BCUT2D eigenvalue weighted by Crippen LogP contribution is 2.34. The van der Waals surface area contributed by atoms with Gasteiger partial charge in [0, 0.05) is 30.6 Å². The first-order chi connectivity index (χ1) is 17.8. The molecule has 3 aromatic carbocycles. The second-order valence-electron chi connectivity index (χ2n) is 8.71. The largest absolute Gasteiger partial charge is 0.426 e. The Kier molecular flexibility index (Phi) is 5.40. The Balaban J connectivity index is 1.54. The van der Waals surface area contributed by atoms with Gasteiger partial charge in [-0.3, -0.25) is 19.4 Å². The molecule has 182 valence electrons. The molecule has 0 aliphatic carbocycles. The van der Waals surface area contributed by atoms with Crippen LogP contribution in [0.15, 0.2) is 78.2 Å². The highest BCUT2D eigenvalue weighted by Gasteiger charge is 2.31. The van der Waals surface area contributed by atoms with Crippen LogP contribution in [0.3, 0.4) is 0 Å². The van der Waals surface area contributed by atoms with Gasteiger partial charge in [0.25, 0.3) is 22.2 Å². The summed E-state index contributed by atoms with van der Waals surface area (Å²) >= 11 is 10.2. The van der Waals surface area contributed by atoms with E-state index in [0.717, 1.165) is 38.6 Å². The average Bonchev–Trinajstić information content (AvgIpc) is 3.45. The van der Waals surface area contributed by atoms with Gasteiger partial charge in [-0.25, -0.2) is 0 Å². The molecule has 0 spiro atoms. The first kappa shape index (κ1) is 23.1. The predicted octanol–water partition coefficient (Wildman–Crippen LogP) is 5.01. The maximum Gasteiger partial charge on any atom is 0.296 e. The lowest BCUT2D eigenvalue weighted by Crippen LogP contribution is -2.22. The number of nitrogens with zero attached hydrogens (tertiary/aromatic N) is 3. The highest BCUT2D eigenvalue weighted by molar-refractivity contribution is 7.80. The Labute approximate surface area is 222 Å². The molecule has 3 heterocycles. The summed E-state index contributed by atoms with van der Waals surface area (Å²) in [5, 5.41) is 2.20. The van der Waals surface area contributed by atoms with Gasteiger partial charge in [0.05, 0.1) is 11.0 Å². The van der Waals surface area contributed by atoms with Crippen molar-refractivity contribution >= 4 is 80.6 Å². The normalized spacial score (nSPS) is 18.1. The van der Waals surface area contributed by atoms with Crippen molar-refractivity contribution in [1.29, 1.82) is 0 Å². The second-order valence-corrected chi connectivity index (χ2v) is 9.40. The number of carbonyl (C=O) groups is 2. The van der Waals surface area contributed by atoms with E-state index in [1.165, 1.54) is 9.80 Å². The van der Waals surface area contributed by atoms with Gasteiger partial charge in [-0.15, -0.1) is 0 Å². The Morgan fingerprint density at radius 1 is 0.676 bits per heavy atom. The van der Waals surface area contributed by atoms with Crippen molar-refractivity contribution in [3.05, 3.63) is 89.4 Å². The summed E-state index contributed by atoms with van der Waals surface area (Å²) in [6.45, 7) is 0. The third kappa shape index (κ3) is 3.80. The molecule has 1 aromatic heterocycles. The number of fused-ring (bicyclic) bond motifs is 3. The van der Waals surface area contributed by atoms with Gasteiger partial charge in [0.15, 0.2) is 11.5 Å². The molecule has 2 amide bonds.